The lowest BCUT2D eigenvalue weighted by Gasteiger charge is -2.18. The fourth-order valence-electron chi connectivity index (χ4n) is 2.96. The van der Waals surface area contributed by atoms with Crippen LogP contribution in [0.3, 0.4) is 0 Å². The number of benzene rings is 1. The Kier molecular flexibility index (Phi) is 3.11. The van der Waals surface area contributed by atoms with Gasteiger partial charge in [-0.1, -0.05) is 6.07 Å². The zero-order valence-electron chi connectivity index (χ0n) is 10.8. The number of fused-ring (bicyclic) bond motifs is 1. The molecule has 104 valence electrons. The maximum atomic E-state index is 13.8. The molecule has 2 saturated heterocycles. The van der Waals surface area contributed by atoms with Gasteiger partial charge in [-0.15, -0.1) is 0 Å². The van der Waals surface area contributed by atoms with Crippen molar-refractivity contribution in [2.45, 2.75) is 11.8 Å². The third-order valence-electron chi connectivity index (χ3n) is 4.06. The molecule has 1 N–H and O–H groups in total. The quantitative estimate of drug-likeness (QED) is 0.880. The molecule has 2 heterocycles. The van der Waals surface area contributed by atoms with Crippen molar-refractivity contribution in [1.29, 1.82) is 0 Å². The van der Waals surface area contributed by atoms with E-state index in [2.05, 4.69) is 5.32 Å². The first-order valence-corrected chi connectivity index (χ1v) is 7.89. The highest BCUT2D eigenvalue weighted by atomic mass is 32.2. The Bertz CT molecular complexity index is 591. The zero-order chi connectivity index (χ0) is 13.6. The highest BCUT2D eigenvalue weighted by Crippen LogP contribution is 2.31. The summed E-state index contributed by atoms with van der Waals surface area (Å²) in [6.45, 7) is 4.46. The summed E-state index contributed by atoms with van der Waals surface area (Å²) in [6.07, 6.45) is 0. The molecule has 19 heavy (non-hydrogen) atoms. The molecule has 0 saturated carbocycles. The molecule has 2 aliphatic heterocycles. The van der Waals surface area contributed by atoms with Crippen LogP contribution in [0.1, 0.15) is 5.56 Å². The lowest BCUT2D eigenvalue weighted by atomic mass is 10.0. The average Bonchev–Trinajstić information content (AvgIpc) is 2.92. The second-order valence-electron chi connectivity index (χ2n) is 5.43. The molecule has 0 aliphatic carbocycles. The number of hydrogen-bond acceptors (Lipinski definition) is 3. The standard InChI is InChI=1S/C13H17FN2O2S/c1-9-2-3-12(14)13(4-9)19(17,18)16-7-10-5-15-6-11(10)8-16/h2-4,10-11,15H,5-8H2,1H3/t10-,11+. The summed E-state index contributed by atoms with van der Waals surface area (Å²) in [4.78, 5) is -0.194. The third-order valence-corrected chi connectivity index (χ3v) is 5.91. The maximum absolute atomic E-state index is 13.8. The number of sulfonamides is 1. The van der Waals surface area contributed by atoms with E-state index in [9.17, 15) is 12.8 Å². The van der Waals surface area contributed by atoms with Crippen molar-refractivity contribution in [3.8, 4) is 0 Å². The summed E-state index contributed by atoms with van der Waals surface area (Å²) >= 11 is 0. The summed E-state index contributed by atoms with van der Waals surface area (Å²) < 4.78 is 40.2. The first kappa shape index (κ1) is 13.0. The zero-order valence-corrected chi connectivity index (χ0v) is 11.6. The van der Waals surface area contributed by atoms with Gasteiger partial charge in [0.2, 0.25) is 10.0 Å². The average molecular weight is 284 g/mol. The molecule has 0 unspecified atom stereocenters. The van der Waals surface area contributed by atoms with Gasteiger partial charge in [0.15, 0.2) is 0 Å². The van der Waals surface area contributed by atoms with Crippen LogP contribution < -0.4 is 5.32 Å². The van der Waals surface area contributed by atoms with Gasteiger partial charge in [0.25, 0.3) is 0 Å². The molecular weight excluding hydrogens is 267 g/mol. The molecule has 0 spiro atoms. The van der Waals surface area contributed by atoms with Crippen molar-refractivity contribution in [2.24, 2.45) is 11.8 Å². The number of aryl methyl sites for hydroxylation is 1. The van der Waals surface area contributed by atoms with Crippen molar-refractivity contribution in [3.05, 3.63) is 29.6 Å². The molecule has 1 aromatic rings. The Labute approximate surface area is 112 Å². The number of hydrogen-bond donors (Lipinski definition) is 1. The Morgan fingerprint density at radius 1 is 1.26 bits per heavy atom. The summed E-state index contributed by atoms with van der Waals surface area (Å²) in [7, 11) is -3.70. The van der Waals surface area contributed by atoms with E-state index in [1.807, 2.05) is 0 Å². The lowest BCUT2D eigenvalue weighted by Crippen LogP contribution is -2.32. The molecule has 2 aliphatic rings. The summed E-state index contributed by atoms with van der Waals surface area (Å²) in [5, 5.41) is 3.26. The van der Waals surface area contributed by atoms with Gasteiger partial charge in [-0.2, -0.15) is 4.31 Å². The summed E-state index contributed by atoms with van der Waals surface area (Å²) in [5.74, 6) is 0.0612. The van der Waals surface area contributed by atoms with Crippen LogP contribution in [-0.2, 0) is 10.0 Å². The van der Waals surface area contributed by atoms with Gasteiger partial charge >= 0.3 is 0 Å². The molecule has 0 amide bonds. The van der Waals surface area contributed by atoms with E-state index in [4.69, 9.17) is 0 Å². The van der Waals surface area contributed by atoms with E-state index < -0.39 is 15.8 Å². The fraction of sp³-hybridized carbons (Fsp3) is 0.538. The number of rotatable bonds is 2. The highest BCUT2D eigenvalue weighted by molar-refractivity contribution is 7.89. The smallest absolute Gasteiger partial charge is 0.246 e. The molecule has 6 heteroatoms. The second-order valence-corrected chi connectivity index (χ2v) is 7.34. The molecule has 2 atom stereocenters. The summed E-state index contributed by atoms with van der Waals surface area (Å²) in [5.41, 5.74) is 0.751. The van der Waals surface area contributed by atoms with E-state index in [0.717, 1.165) is 18.7 Å². The van der Waals surface area contributed by atoms with Gasteiger partial charge in [-0.05, 0) is 49.5 Å². The molecule has 0 radical (unpaired) electrons. The highest BCUT2D eigenvalue weighted by Gasteiger charge is 2.42. The van der Waals surface area contributed by atoms with Crippen molar-refractivity contribution < 1.29 is 12.8 Å². The minimum Gasteiger partial charge on any atom is -0.316 e. The van der Waals surface area contributed by atoms with Gasteiger partial charge in [0, 0.05) is 13.1 Å². The van der Waals surface area contributed by atoms with Crippen LogP contribution in [0.5, 0.6) is 0 Å². The third kappa shape index (κ3) is 2.17. The SMILES string of the molecule is Cc1ccc(F)c(S(=O)(=O)N2C[C@H]3CNC[C@H]3C2)c1. The largest absolute Gasteiger partial charge is 0.316 e. The topological polar surface area (TPSA) is 49.4 Å². The minimum absolute atomic E-state index is 0.194. The van der Waals surface area contributed by atoms with Gasteiger partial charge in [-0.3, -0.25) is 0 Å². The molecule has 0 bridgehead atoms. The molecule has 3 rings (SSSR count). The van der Waals surface area contributed by atoms with Gasteiger partial charge in [0.05, 0.1) is 0 Å². The number of nitrogens with zero attached hydrogens (tertiary/aromatic N) is 1. The van der Waals surface area contributed by atoms with Crippen LogP contribution in [0.25, 0.3) is 0 Å². The van der Waals surface area contributed by atoms with Crippen LogP contribution in [-0.4, -0.2) is 38.9 Å². The minimum atomic E-state index is -3.70. The predicted molar refractivity (Wildman–Crippen MR) is 69.7 cm³/mol. The van der Waals surface area contributed by atoms with Crippen LogP contribution in [0.4, 0.5) is 4.39 Å². The molecule has 2 fully saturated rings. The maximum Gasteiger partial charge on any atom is 0.246 e. The van der Waals surface area contributed by atoms with Crippen molar-refractivity contribution >= 4 is 10.0 Å². The van der Waals surface area contributed by atoms with Crippen LogP contribution >= 0.6 is 0 Å². The molecule has 4 nitrogen and oxygen atoms in total. The van der Waals surface area contributed by atoms with E-state index >= 15 is 0 Å². The van der Waals surface area contributed by atoms with Gasteiger partial charge in [-0.25, -0.2) is 12.8 Å². The van der Waals surface area contributed by atoms with Gasteiger partial charge < -0.3 is 5.32 Å². The first-order valence-electron chi connectivity index (χ1n) is 6.45. The van der Waals surface area contributed by atoms with Crippen LogP contribution in [0.15, 0.2) is 23.1 Å². The monoisotopic (exact) mass is 284 g/mol. The number of nitrogens with one attached hydrogen (secondary N) is 1. The van der Waals surface area contributed by atoms with E-state index in [0.29, 0.717) is 24.9 Å². The van der Waals surface area contributed by atoms with E-state index in [-0.39, 0.29) is 4.90 Å². The van der Waals surface area contributed by atoms with Crippen molar-refractivity contribution in [3.63, 3.8) is 0 Å². The first-order chi connectivity index (χ1) is 8.98. The summed E-state index contributed by atoms with van der Waals surface area (Å²) in [6, 6.07) is 4.22. The Hall–Kier alpha value is -0.980. The molecule has 1 aromatic carbocycles. The van der Waals surface area contributed by atoms with E-state index in [1.54, 1.807) is 13.0 Å². The Morgan fingerprint density at radius 2 is 1.89 bits per heavy atom. The normalized spacial score (nSPS) is 27.7. The van der Waals surface area contributed by atoms with Crippen LogP contribution in [0.2, 0.25) is 0 Å². The molecular formula is C13H17FN2O2S. The van der Waals surface area contributed by atoms with Crippen molar-refractivity contribution in [1.82, 2.24) is 9.62 Å². The van der Waals surface area contributed by atoms with Crippen LogP contribution in [0, 0.1) is 24.6 Å². The second kappa shape index (κ2) is 4.54. The molecule has 0 aromatic heterocycles. The predicted octanol–water partition coefficient (Wildman–Crippen LogP) is 0.974. The Balaban J connectivity index is 1.93. The number of halogens is 1. The van der Waals surface area contributed by atoms with E-state index in [1.165, 1.54) is 16.4 Å². The Morgan fingerprint density at radius 3 is 2.53 bits per heavy atom. The van der Waals surface area contributed by atoms with Crippen molar-refractivity contribution in [2.75, 3.05) is 26.2 Å². The fourth-order valence-corrected chi connectivity index (χ4v) is 4.66. The van der Waals surface area contributed by atoms with Gasteiger partial charge in [0.1, 0.15) is 10.7 Å². The lowest BCUT2D eigenvalue weighted by molar-refractivity contribution is 0.442.